The van der Waals surface area contributed by atoms with Crippen LogP contribution in [0.1, 0.15) is 6.92 Å². The van der Waals surface area contributed by atoms with Crippen molar-refractivity contribution in [3.05, 3.63) is 57.6 Å². The van der Waals surface area contributed by atoms with Crippen molar-refractivity contribution in [2.75, 3.05) is 12.4 Å². The van der Waals surface area contributed by atoms with E-state index in [0.29, 0.717) is 10.8 Å². The van der Waals surface area contributed by atoms with Gasteiger partial charge in [0, 0.05) is 22.1 Å². The summed E-state index contributed by atoms with van der Waals surface area (Å²) in [6.45, 7) is 1.75. The van der Waals surface area contributed by atoms with E-state index in [1.165, 1.54) is 37.1 Å². The van der Waals surface area contributed by atoms with E-state index in [2.05, 4.69) is 5.32 Å². The number of benzene rings is 2. The van der Waals surface area contributed by atoms with Gasteiger partial charge in [-0.2, -0.15) is 0 Å². The predicted molar refractivity (Wildman–Crippen MR) is 95.0 cm³/mol. The van der Waals surface area contributed by atoms with Crippen molar-refractivity contribution < 1.29 is 14.5 Å². The molecule has 1 N–H and O–H groups in total. The van der Waals surface area contributed by atoms with E-state index in [-0.39, 0.29) is 17.3 Å². The molecule has 0 saturated carbocycles. The zero-order valence-electron chi connectivity index (χ0n) is 13.0. The summed E-state index contributed by atoms with van der Waals surface area (Å²) >= 11 is 7.19. The van der Waals surface area contributed by atoms with Crippen molar-refractivity contribution in [3.63, 3.8) is 0 Å². The van der Waals surface area contributed by atoms with Crippen molar-refractivity contribution in [2.24, 2.45) is 0 Å². The Morgan fingerprint density at radius 1 is 1.29 bits per heavy atom. The summed E-state index contributed by atoms with van der Waals surface area (Å²) in [6, 6.07) is 11.2. The Morgan fingerprint density at radius 2 is 1.96 bits per heavy atom. The quantitative estimate of drug-likeness (QED) is 0.466. The van der Waals surface area contributed by atoms with Crippen LogP contribution in [-0.2, 0) is 4.79 Å². The monoisotopic (exact) mass is 366 g/mol. The molecule has 0 unspecified atom stereocenters. The van der Waals surface area contributed by atoms with E-state index in [4.69, 9.17) is 16.3 Å². The molecule has 1 amide bonds. The van der Waals surface area contributed by atoms with Crippen LogP contribution >= 0.6 is 23.4 Å². The highest BCUT2D eigenvalue weighted by atomic mass is 35.5. The van der Waals surface area contributed by atoms with Crippen molar-refractivity contribution >= 4 is 40.6 Å². The fraction of sp³-hybridized carbons (Fsp3) is 0.188. The number of rotatable bonds is 6. The fourth-order valence-corrected chi connectivity index (χ4v) is 2.91. The van der Waals surface area contributed by atoms with E-state index < -0.39 is 10.2 Å². The van der Waals surface area contributed by atoms with Crippen LogP contribution < -0.4 is 10.1 Å². The zero-order valence-corrected chi connectivity index (χ0v) is 14.6. The van der Waals surface area contributed by atoms with Crippen LogP contribution in [0.25, 0.3) is 0 Å². The van der Waals surface area contributed by atoms with E-state index in [0.717, 1.165) is 4.90 Å². The minimum Gasteiger partial charge on any atom is -0.495 e. The third-order valence-electron chi connectivity index (χ3n) is 3.15. The van der Waals surface area contributed by atoms with Gasteiger partial charge in [-0.05, 0) is 37.3 Å². The number of methoxy groups -OCH3 is 1. The zero-order chi connectivity index (χ0) is 17.7. The minimum atomic E-state index is -0.527. The Bertz CT molecular complexity index is 752. The lowest BCUT2D eigenvalue weighted by Crippen LogP contribution is -2.22. The minimum absolute atomic E-state index is 0.121. The lowest BCUT2D eigenvalue weighted by molar-refractivity contribution is -0.384. The van der Waals surface area contributed by atoms with Crippen molar-refractivity contribution in [2.45, 2.75) is 17.1 Å². The molecule has 2 aromatic rings. The fourth-order valence-electron chi connectivity index (χ4n) is 1.91. The SMILES string of the molecule is COc1ccc([N+](=O)[O-])cc1NC(=O)[C@H](C)Sc1ccc(Cl)cc1. The van der Waals surface area contributed by atoms with Gasteiger partial charge in [-0.15, -0.1) is 11.8 Å². The summed E-state index contributed by atoms with van der Waals surface area (Å²) in [5, 5.41) is 13.8. The van der Waals surface area contributed by atoms with Crippen molar-refractivity contribution in [1.82, 2.24) is 0 Å². The van der Waals surface area contributed by atoms with E-state index in [1.54, 1.807) is 19.1 Å². The predicted octanol–water partition coefficient (Wildman–Crippen LogP) is 4.38. The highest BCUT2D eigenvalue weighted by molar-refractivity contribution is 8.00. The normalized spacial score (nSPS) is 11.6. The molecule has 8 heteroatoms. The van der Waals surface area contributed by atoms with Crippen LogP contribution in [0.2, 0.25) is 5.02 Å². The number of halogens is 1. The van der Waals surface area contributed by atoms with Gasteiger partial charge in [0.05, 0.1) is 23.0 Å². The van der Waals surface area contributed by atoms with Gasteiger partial charge in [-0.3, -0.25) is 14.9 Å². The van der Waals surface area contributed by atoms with Crippen LogP contribution in [0.5, 0.6) is 5.75 Å². The number of thioether (sulfide) groups is 1. The van der Waals surface area contributed by atoms with Crippen molar-refractivity contribution in [1.29, 1.82) is 0 Å². The first-order valence-electron chi connectivity index (χ1n) is 6.96. The van der Waals surface area contributed by atoms with Gasteiger partial charge in [-0.25, -0.2) is 0 Å². The van der Waals surface area contributed by atoms with Crippen LogP contribution in [0.3, 0.4) is 0 Å². The average Bonchev–Trinajstić information content (AvgIpc) is 2.56. The molecule has 1 atom stereocenters. The number of hydrogen-bond donors (Lipinski definition) is 1. The molecule has 0 fully saturated rings. The maximum Gasteiger partial charge on any atom is 0.271 e. The van der Waals surface area contributed by atoms with Gasteiger partial charge >= 0.3 is 0 Å². The van der Waals surface area contributed by atoms with Gasteiger partial charge in [0.1, 0.15) is 5.75 Å². The second kappa shape index (κ2) is 8.03. The Morgan fingerprint density at radius 3 is 2.54 bits per heavy atom. The molecule has 0 aliphatic heterocycles. The third-order valence-corrected chi connectivity index (χ3v) is 4.51. The highest BCUT2D eigenvalue weighted by Gasteiger charge is 2.18. The van der Waals surface area contributed by atoms with E-state index in [9.17, 15) is 14.9 Å². The Balaban J connectivity index is 2.11. The van der Waals surface area contributed by atoms with Gasteiger partial charge in [0.25, 0.3) is 5.69 Å². The molecular weight excluding hydrogens is 352 g/mol. The molecule has 0 radical (unpaired) electrons. The second-order valence-electron chi connectivity index (χ2n) is 4.84. The number of nitro benzene ring substituents is 1. The topological polar surface area (TPSA) is 81.5 Å². The molecule has 6 nitrogen and oxygen atoms in total. The van der Waals surface area contributed by atoms with Gasteiger partial charge in [0.15, 0.2) is 0 Å². The molecule has 0 bridgehead atoms. The molecule has 2 aromatic carbocycles. The lowest BCUT2D eigenvalue weighted by Gasteiger charge is -2.14. The summed E-state index contributed by atoms with van der Waals surface area (Å²) in [6.07, 6.45) is 0. The van der Waals surface area contributed by atoms with Gasteiger partial charge < -0.3 is 10.1 Å². The molecule has 2 rings (SSSR count). The standard InChI is InChI=1S/C16H15ClN2O4S/c1-10(24-13-6-3-11(17)4-7-13)16(20)18-14-9-12(19(21)22)5-8-15(14)23-2/h3-10H,1-2H3,(H,18,20)/t10-/m0/s1. The number of nitrogens with zero attached hydrogens (tertiary/aromatic N) is 1. The number of carbonyl (C=O) groups excluding carboxylic acids is 1. The molecule has 0 saturated heterocycles. The van der Waals surface area contributed by atoms with Crippen LogP contribution in [0.15, 0.2) is 47.4 Å². The summed E-state index contributed by atoms with van der Waals surface area (Å²) in [5.41, 5.74) is 0.143. The number of nitro groups is 1. The molecule has 0 aromatic heterocycles. The largest absolute Gasteiger partial charge is 0.495 e. The first kappa shape index (κ1) is 18.1. The molecule has 0 aliphatic rings. The number of anilines is 1. The number of ether oxygens (including phenoxy) is 1. The number of carbonyl (C=O) groups is 1. The van der Waals surface area contributed by atoms with E-state index >= 15 is 0 Å². The Kier molecular flexibility index (Phi) is 6.05. The number of nitrogens with one attached hydrogen (secondary N) is 1. The molecule has 24 heavy (non-hydrogen) atoms. The molecule has 126 valence electrons. The summed E-state index contributed by atoms with van der Waals surface area (Å²) in [5.74, 6) is 0.0754. The average molecular weight is 367 g/mol. The maximum absolute atomic E-state index is 12.3. The van der Waals surface area contributed by atoms with Gasteiger partial charge in [-0.1, -0.05) is 11.6 Å². The lowest BCUT2D eigenvalue weighted by atomic mass is 10.2. The Labute approximate surface area is 148 Å². The van der Waals surface area contributed by atoms with Crippen molar-refractivity contribution in [3.8, 4) is 5.75 Å². The summed E-state index contributed by atoms with van der Waals surface area (Å²) in [4.78, 5) is 23.6. The van der Waals surface area contributed by atoms with Gasteiger partial charge in [0.2, 0.25) is 5.91 Å². The molecule has 0 heterocycles. The maximum atomic E-state index is 12.3. The number of hydrogen-bond acceptors (Lipinski definition) is 5. The highest BCUT2D eigenvalue weighted by Crippen LogP contribution is 2.30. The summed E-state index contributed by atoms with van der Waals surface area (Å²) < 4.78 is 5.13. The number of non-ortho nitro benzene ring substituents is 1. The second-order valence-corrected chi connectivity index (χ2v) is 6.70. The molecular formula is C16H15ClN2O4S. The molecule has 0 spiro atoms. The first-order chi connectivity index (χ1) is 11.4. The summed E-state index contributed by atoms with van der Waals surface area (Å²) in [7, 11) is 1.43. The van der Waals surface area contributed by atoms with Crippen LogP contribution in [0.4, 0.5) is 11.4 Å². The van der Waals surface area contributed by atoms with Crippen LogP contribution in [0, 0.1) is 10.1 Å². The first-order valence-corrected chi connectivity index (χ1v) is 8.22. The smallest absolute Gasteiger partial charge is 0.271 e. The molecule has 0 aliphatic carbocycles. The van der Waals surface area contributed by atoms with Crippen LogP contribution in [-0.4, -0.2) is 23.2 Å². The van der Waals surface area contributed by atoms with E-state index in [1.807, 2.05) is 12.1 Å². The Hall–Kier alpha value is -2.25. The third kappa shape index (κ3) is 4.62. The number of amides is 1.